The first-order valence-electron chi connectivity index (χ1n) is 7.94. The Morgan fingerprint density at radius 3 is 2.57 bits per heavy atom. The summed E-state index contributed by atoms with van der Waals surface area (Å²) in [5.74, 6) is -1.21. The van der Waals surface area contributed by atoms with Crippen LogP contribution in [0.1, 0.15) is 37.7 Å². The smallest absolute Gasteiger partial charge is 0.312 e. The number of aliphatic carboxylic acids is 1. The van der Waals surface area contributed by atoms with Gasteiger partial charge >= 0.3 is 5.97 Å². The summed E-state index contributed by atoms with van der Waals surface area (Å²) in [6, 6.07) is 9.94. The highest BCUT2D eigenvalue weighted by Gasteiger charge is 2.23. The highest BCUT2D eigenvalue weighted by Crippen LogP contribution is 2.17. The van der Waals surface area contributed by atoms with E-state index in [4.69, 9.17) is 0 Å². The molecule has 0 saturated carbocycles. The largest absolute Gasteiger partial charge is 0.481 e. The molecule has 2 N–H and O–H groups in total. The Hall–Kier alpha value is -1.39. The van der Waals surface area contributed by atoms with E-state index in [1.165, 1.54) is 13.0 Å². The predicted molar refractivity (Wildman–Crippen MR) is 84.6 cm³/mol. The Morgan fingerprint density at radius 1 is 1.33 bits per heavy atom. The van der Waals surface area contributed by atoms with E-state index in [1.807, 2.05) is 30.3 Å². The molecule has 1 saturated heterocycles. The van der Waals surface area contributed by atoms with Gasteiger partial charge in [-0.3, -0.25) is 4.79 Å². The van der Waals surface area contributed by atoms with Crippen molar-refractivity contribution < 1.29 is 9.90 Å². The van der Waals surface area contributed by atoms with Gasteiger partial charge in [0.25, 0.3) is 0 Å². The van der Waals surface area contributed by atoms with Crippen LogP contribution in [-0.2, 0) is 4.79 Å². The maximum atomic E-state index is 11.5. The number of piperidine rings is 1. The second kappa shape index (κ2) is 8.15. The molecule has 1 fully saturated rings. The molecule has 0 radical (unpaired) electrons. The first-order valence-corrected chi connectivity index (χ1v) is 7.94. The van der Waals surface area contributed by atoms with Gasteiger partial charge in [0.2, 0.25) is 0 Å². The van der Waals surface area contributed by atoms with E-state index in [9.17, 15) is 9.90 Å². The quantitative estimate of drug-likeness (QED) is 0.809. The number of hydrogen-bond acceptors (Lipinski definition) is 3. The minimum atomic E-state index is -0.753. The van der Waals surface area contributed by atoms with Crippen molar-refractivity contribution in [2.45, 2.75) is 38.1 Å². The van der Waals surface area contributed by atoms with Crippen LogP contribution in [0.5, 0.6) is 0 Å². The van der Waals surface area contributed by atoms with E-state index in [0.717, 1.165) is 31.5 Å². The van der Waals surface area contributed by atoms with Gasteiger partial charge in [-0.1, -0.05) is 37.3 Å². The van der Waals surface area contributed by atoms with Gasteiger partial charge < -0.3 is 15.3 Å². The average Bonchev–Trinajstić information content (AvgIpc) is 2.50. The minimum Gasteiger partial charge on any atom is -0.481 e. The van der Waals surface area contributed by atoms with Gasteiger partial charge in [0.15, 0.2) is 0 Å². The van der Waals surface area contributed by atoms with Gasteiger partial charge in [0.1, 0.15) is 0 Å². The van der Waals surface area contributed by atoms with Crippen LogP contribution < -0.4 is 5.32 Å². The van der Waals surface area contributed by atoms with Crippen LogP contribution in [0.2, 0.25) is 0 Å². The molecule has 4 nitrogen and oxygen atoms in total. The molecule has 4 heteroatoms. The Balaban J connectivity index is 1.82. The van der Waals surface area contributed by atoms with Crippen LogP contribution >= 0.6 is 0 Å². The Kier molecular flexibility index (Phi) is 6.21. The lowest BCUT2D eigenvalue weighted by Gasteiger charge is -2.32. The predicted octanol–water partition coefficient (Wildman–Crippen LogP) is 2.32. The molecule has 0 aliphatic carbocycles. The summed E-state index contributed by atoms with van der Waals surface area (Å²) in [6.07, 6.45) is 3.43. The molecule has 1 atom stereocenters. The van der Waals surface area contributed by atoms with Crippen LogP contribution in [0.25, 0.3) is 0 Å². The van der Waals surface area contributed by atoms with Crippen molar-refractivity contribution in [1.82, 2.24) is 10.2 Å². The third-order valence-corrected chi connectivity index (χ3v) is 4.24. The number of carboxylic acids is 1. The zero-order valence-corrected chi connectivity index (χ0v) is 12.8. The molecule has 2 rings (SSSR count). The van der Waals surface area contributed by atoms with Crippen molar-refractivity contribution in [1.29, 1.82) is 0 Å². The normalized spacial score (nSPS) is 18.5. The molecule has 21 heavy (non-hydrogen) atoms. The standard InChI is InChI=1S/C17H26N2O2/c1-2-10-19-11-8-15(9-12-19)18-13-16(17(20)21)14-6-4-3-5-7-14/h3-7,15-16,18H,2,8-13H2,1H3,(H,20,21). The van der Waals surface area contributed by atoms with Gasteiger partial charge in [-0.25, -0.2) is 0 Å². The topological polar surface area (TPSA) is 52.6 Å². The number of likely N-dealkylation sites (tertiary alicyclic amines) is 1. The molecule has 1 aliphatic rings. The maximum Gasteiger partial charge on any atom is 0.312 e. The Morgan fingerprint density at radius 2 is 2.00 bits per heavy atom. The molecule has 1 aromatic rings. The van der Waals surface area contributed by atoms with Crippen molar-refractivity contribution in [2.24, 2.45) is 0 Å². The minimum absolute atomic E-state index is 0.448. The van der Waals surface area contributed by atoms with Crippen LogP contribution in [0.3, 0.4) is 0 Å². The summed E-state index contributed by atoms with van der Waals surface area (Å²) < 4.78 is 0. The first-order chi connectivity index (χ1) is 10.2. The summed E-state index contributed by atoms with van der Waals surface area (Å²) in [5.41, 5.74) is 0.876. The zero-order valence-electron chi connectivity index (χ0n) is 12.8. The third-order valence-electron chi connectivity index (χ3n) is 4.24. The summed E-state index contributed by atoms with van der Waals surface area (Å²) >= 11 is 0. The van der Waals surface area contributed by atoms with Crippen molar-refractivity contribution in [3.8, 4) is 0 Å². The van der Waals surface area contributed by atoms with Crippen LogP contribution in [-0.4, -0.2) is 48.2 Å². The molecule has 1 heterocycles. The van der Waals surface area contributed by atoms with E-state index in [1.54, 1.807) is 0 Å². The van der Waals surface area contributed by atoms with Gasteiger partial charge in [0, 0.05) is 12.6 Å². The Labute approximate surface area is 127 Å². The maximum absolute atomic E-state index is 11.5. The van der Waals surface area contributed by atoms with Crippen LogP contribution in [0.15, 0.2) is 30.3 Å². The molecular formula is C17H26N2O2. The molecule has 0 bridgehead atoms. The molecule has 0 spiro atoms. The number of nitrogens with one attached hydrogen (secondary N) is 1. The lowest BCUT2D eigenvalue weighted by atomic mass is 9.97. The fraction of sp³-hybridized carbons (Fsp3) is 0.588. The molecule has 1 aliphatic heterocycles. The van der Waals surface area contributed by atoms with E-state index >= 15 is 0 Å². The average molecular weight is 290 g/mol. The number of hydrogen-bond donors (Lipinski definition) is 2. The lowest BCUT2D eigenvalue weighted by Crippen LogP contribution is -2.44. The molecule has 1 aromatic carbocycles. The van der Waals surface area contributed by atoms with E-state index in [-0.39, 0.29) is 0 Å². The fourth-order valence-corrected chi connectivity index (χ4v) is 2.99. The molecule has 1 unspecified atom stereocenters. The van der Waals surface area contributed by atoms with Crippen molar-refractivity contribution in [3.05, 3.63) is 35.9 Å². The van der Waals surface area contributed by atoms with Crippen molar-refractivity contribution >= 4 is 5.97 Å². The van der Waals surface area contributed by atoms with Gasteiger partial charge in [-0.05, 0) is 44.5 Å². The van der Waals surface area contributed by atoms with Crippen LogP contribution in [0, 0.1) is 0 Å². The number of benzene rings is 1. The van der Waals surface area contributed by atoms with E-state index in [2.05, 4.69) is 17.1 Å². The molecular weight excluding hydrogens is 264 g/mol. The van der Waals surface area contributed by atoms with Crippen molar-refractivity contribution in [3.63, 3.8) is 0 Å². The number of rotatable bonds is 7. The summed E-state index contributed by atoms with van der Waals surface area (Å²) in [7, 11) is 0. The fourth-order valence-electron chi connectivity index (χ4n) is 2.99. The number of nitrogens with zero attached hydrogens (tertiary/aromatic N) is 1. The molecule has 0 aromatic heterocycles. The number of carboxylic acid groups (broad SMARTS) is 1. The number of carbonyl (C=O) groups is 1. The summed E-state index contributed by atoms with van der Waals surface area (Å²) in [5, 5.41) is 12.9. The third kappa shape index (κ3) is 4.83. The zero-order chi connectivity index (χ0) is 15.1. The molecule has 0 amide bonds. The van der Waals surface area contributed by atoms with E-state index in [0.29, 0.717) is 12.6 Å². The second-order valence-electron chi connectivity index (χ2n) is 5.83. The SMILES string of the molecule is CCCN1CCC(NCC(C(=O)O)c2ccccc2)CC1. The van der Waals surface area contributed by atoms with Gasteiger partial charge in [-0.2, -0.15) is 0 Å². The highest BCUT2D eigenvalue weighted by atomic mass is 16.4. The Bertz CT molecular complexity index is 428. The van der Waals surface area contributed by atoms with Gasteiger partial charge in [0.05, 0.1) is 5.92 Å². The van der Waals surface area contributed by atoms with Crippen molar-refractivity contribution in [2.75, 3.05) is 26.2 Å². The van der Waals surface area contributed by atoms with Crippen LogP contribution in [0.4, 0.5) is 0 Å². The first kappa shape index (κ1) is 16.0. The second-order valence-corrected chi connectivity index (χ2v) is 5.83. The monoisotopic (exact) mass is 290 g/mol. The lowest BCUT2D eigenvalue weighted by molar-refractivity contribution is -0.138. The summed E-state index contributed by atoms with van der Waals surface area (Å²) in [6.45, 7) is 6.14. The van der Waals surface area contributed by atoms with E-state index < -0.39 is 11.9 Å². The van der Waals surface area contributed by atoms with Gasteiger partial charge in [-0.15, -0.1) is 0 Å². The summed E-state index contributed by atoms with van der Waals surface area (Å²) in [4.78, 5) is 14.0. The highest BCUT2D eigenvalue weighted by molar-refractivity contribution is 5.76. The molecule has 116 valence electrons.